The molecule has 0 radical (unpaired) electrons. The van der Waals surface area contributed by atoms with E-state index in [4.69, 9.17) is 11.6 Å². The van der Waals surface area contributed by atoms with Gasteiger partial charge in [0.15, 0.2) is 0 Å². The van der Waals surface area contributed by atoms with E-state index in [1.54, 1.807) is 0 Å². The third kappa shape index (κ3) is 4.58. The van der Waals surface area contributed by atoms with Crippen LogP contribution >= 0.6 is 11.6 Å². The molecule has 3 nitrogen and oxygen atoms in total. The fourth-order valence-corrected chi connectivity index (χ4v) is 3.24. The average Bonchev–Trinajstić information content (AvgIpc) is 2.92. The van der Waals surface area contributed by atoms with Crippen molar-refractivity contribution >= 4 is 17.4 Å². The van der Waals surface area contributed by atoms with Crippen LogP contribution in [0.25, 0.3) is 0 Å². The Morgan fingerprint density at radius 1 is 1.33 bits per heavy atom. The van der Waals surface area contributed by atoms with E-state index in [0.29, 0.717) is 6.04 Å². The molecule has 1 saturated carbocycles. The summed E-state index contributed by atoms with van der Waals surface area (Å²) in [4.78, 5) is 7.02. The number of aromatic nitrogens is 1. The Bertz CT molecular complexity index is 462. The van der Waals surface area contributed by atoms with E-state index < -0.39 is 0 Å². The molecule has 1 N–H and O–H groups in total. The number of nitrogens with one attached hydrogen (secondary N) is 1. The standard InChI is InChI=1S/C17H28ClN3/c1-5-21(14-8-6-7-9-14)16-15(18)10-13(11-19-16)12-20-17(2,3)4/h10-11,14,20H,5-9,12H2,1-4H3. The first-order chi connectivity index (χ1) is 9.90. The minimum absolute atomic E-state index is 0.102. The van der Waals surface area contributed by atoms with Crippen LogP contribution in [0, 0.1) is 0 Å². The van der Waals surface area contributed by atoms with E-state index in [1.165, 1.54) is 25.7 Å². The van der Waals surface area contributed by atoms with Crippen LogP contribution in [-0.4, -0.2) is 23.1 Å². The quantitative estimate of drug-likeness (QED) is 0.874. The number of nitrogens with zero attached hydrogens (tertiary/aromatic N) is 2. The maximum Gasteiger partial charge on any atom is 0.147 e. The molecule has 0 saturated heterocycles. The van der Waals surface area contributed by atoms with Gasteiger partial charge in [-0.05, 0) is 52.2 Å². The van der Waals surface area contributed by atoms with Gasteiger partial charge in [-0.15, -0.1) is 0 Å². The van der Waals surface area contributed by atoms with Gasteiger partial charge in [0.05, 0.1) is 5.02 Å². The van der Waals surface area contributed by atoms with Crippen LogP contribution in [0.5, 0.6) is 0 Å². The molecule has 0 spiro atoms. The first kappa shape index (κ1) is 16.6. The maximum atomic E-state index is 6.50. The number of hydrogen-bond acceptors (Lipinski definition) is 3. The Kier molecular flexibility index (Phi) is 5.50. The monoisotopic (exact) mass is 309 g/mol. The highest BCUT2D eigenvalue weighted by Crippen LogP contribution is 2.31. The average molecular weight is 310 g/mol. The van der Waals surface area contributed by atoms with Crippen LogP contribution in [0.1, 0.15) is 58.9 Å². The Morgan fingerprint density at radius 3 is 2.52 bits per heavy atom. The maximum absolute atomic E-state index is 6.50. The van der Waals surface area contributed by atoms with E-state index in [0.717, 1.165) is 29.5 Å². The Balaban J connectivity index is 2.10. The lowest BCUT2D eigenvalue weighted by atomic mass is 10.1. The van der Waals surface area contributed by atoms with E-state index in [9.17, 15) is 0 Å². The van der Waals surface area contributed by atoms with Crippen molar-refractivity contribution in [1.82, 2.24) is 10.3 Å². The topological polar surface area (TPSA) is 28.2 Å². The molecule has 0 aromatic carbocycles. The van der Waals surface area contributed by atoms with Gasteiger partial charge in [0.2, 0.25) is 0 Å². The number of rotatable bonds is 5. The van der Waals surface area contributed by atoms with Crippen LogP contribution < -0.4 is 10.2 Å². The summed E-state index contributed by atoms with van der Waals surface area (Å²) >= 11 is 6.50. The van der Waals surface area contributed by atoms with Gasteiger partial charge in [-0.1, -0.05) is 24.4 Å². The molecule has 1 aliphatic rings. The Labute approximate surface area is 134 Å². The lowest BCUT2D eigenvalue weighted by molar-refractivity contribution is 0.424. The summed E-state index contributed by atoms with van der Waals surface area (Å²) in [6.45, 7) is 10.4. The fourth-order valence-electron chi connectivity index (χ4n) is 2.94. The normalized spacial score (nSPS) is 16.4. The van der Waals surface area contributed by atoms with Crippen molar-refractivity contribution in [3.63, 3.8) is 0 Å². The van der Waals surface area contributed by atoms with Crippen molar-refractivity contribution < 1.29 is 0 Å². The largest absolute Gasteiger partial charge is 0.353 e. The number of halogens is 1. The molecule has 4 heteroatoms. The summed E-state index contributed by atoms with van der Waals surface area (Å²) in [7, 11) is 0. The number of anilines is 1. The van der Waals surface area contributed by atoms with Crippen LogP contribution in [0.2, 0.25) is 5.02 Å². The summed E-state index contributed by atoms with van der Waals surface area (Å²) in [6, 6.07) is 2.67. The second-order valence-corrected chi connectivity index (χ2v) is 7.38. The molecule has 0 amide bonds. The molecule has 1 aromatic heterocycles. The predicted molar refractivity (Wildman–Crippen MR) is 91.1 cm³/mol. The van der Waals surface area contributed by atoms with Crippen LogP contribution in [0.4, 0.5) is 5.82 Å². The summed E-state index contributed by atoms with van der Waals surface area (Å²) < 4.78 is 0. The highest BCUT2D eigenvalue weighted by atomic mass is 35.5. The summed E-state index contributed by atoms with van der Waals surface area (Å²) in [6.07, 6.45) is 7.13. The Hall–Kier alpha value is -0.800. The van der Waals surface area contributed by atoms with Gasteiger partial charge in [0, 0.05) is 30.9 Å². The van der Waals surface area contributed by atoms with Crippen LogP contribution in [0.15, 0.2) is 12.3 Å². The van der Waals surface area contributed by atoms with Gasteiger partial charge in [-0.25, -0.2) is 4.98 Å². The second kappa shape index (κ2) is 6.97. The van der Waals surface area contributed by atoms with E-state index in [1.807, 2.05) is 6.20 Å². The zero-order valence-corrected chi connectivity index (χ0v) is 14.5. The SMILES string of the molecule is CCN(c1ncc(CNC(C)(C)C)cc1Cl)C1CCCC1. The first-order valence-electron chi connectivity index (χ1n) is 8.07. The first-order valence-corrected chi connectivity index (χ1v) is 8.44. The third-order valence-electron chi connectivity index (χ3n) is 4.08. The fraction of sp³-hybridized carbons (Fsp3) is 0.706. The molecule has 118 valence electrons. The van der Waals surface area contributed by atoms with Crippen molar-refractivity contribution in [2.24, 2.45) is 0 Å². The molecule has 1 fully saturated rings. The van der Waals surface area contributed by atoms with Gasteiger partial charge in [0.25, 0.3) is 0 Å². The van der Waals surface area contributed by atoms with Crippen molar-refractivity contribution in [3.8, 4) is 0 Å². The molecular formula is C17H28ClN3. The molecule has 0 unspecified atom stereocenters. The molecule has 1 heterocycles. The molecule has 0 aliphatic heterocycles. The number of pyridine rings is 1. The highest BCUT2D eigenvalue weighted by molar-refractivity contribution is 6.33. The minimum Gasteiger partial charge on any atom is -0.353 e. The zero-order valence-electron chi connectivity index (χ0n) is 13.7. The van der Waals surface area contributed by atoms with E-state index >= 15 is 0 Å². The molecular weight excluding hydrogens is 282 g/mol. The summed E-state index contributed by atoms with van der Waals surface area (Å²) in [5, 5.41) is 4.25. The molecule has 1 aliphatic carbocycles. The number of hydrogen-bond donors (Lipinski definition) is 1. The third-order valence-corrected chi connectivity index (χ3v) is 4.36. The van der Waals surface area contributed by atoms with Gasteiger partial charge in [-0.2, -0.15) is 0 Å². The van der Waals surface area contributed by atoms with Crippen molar-refractivity contribution in [3.05, 3.63) is 22.8 Å². The predicted octanol–water partition coefficient (Wildman–Crippen LogP) is 4.39. The zero-order chi connectivity index (χ0) is 15.5. The molecule has 0 bridgehead atoms. The van der Waals surface area contributed by atoms with Crippen LogP contribution in [0.3, 0.4) is 0 Å². The van der Waals surface area contributed by atoms with Gasteiger partial charge in [-0.3, -0.25) is 0 Å². The smallest absolute Gasteiger partial charge is 0.147 e. The minimum atomic E-state index is 0.102. The molecule has 1 aromatic rings. The highest BCUT2D eigenvalue weighted by Gasteiger charge is 2.24. The van der Waals surface area contributed by atoms with Crippen molar-refractivity contribution in [1.29, 1.82) is 0 Å². The molecule has 21 heavy (non-hydrogen) atoms. The second-order valence-electron chi connectivity index (χ2n) is 6.98. The Morgan fingerprint density at radius 2 is 2.00 bits per heavy atom. The molecule has 0 atom stereocenters. The van der Waals surface area contributed by atoms with Crippen LogP contribution in [-0.2, 0) is 6.54 Å². The van der Waals surface area contributed by atoms with Crippen molar-refractivity contribution in [2.75, 3.05) is 11.4 Å². The van der Waals surface area contributed by atoms with E-state index in [2.05, 4.69) is 49.0 Å². The van der Waals surface area contributed by atoms with Gasteiger partial charge < -0.3 is 10.2 Å². The van der Waals surface area contributed by atoms with Gasteiger partial charge in [0.1, 0.15) is 5.82 Å². The lowest BCUT2D eigenvalue weighted by Crippen LogP contribution is -2.35. The lowest BCUT2D eigenvalue weighted by Gasteiger charge is -2.29. The van der Waals surface area contributed by atoms with Crippen molar-refractivity contribution in [2.45, 2.75) is 71.5 Å². The van der Waals surface area contributed by atoms with E-state index in [-0.39, 0.29) is 5.54 Å². The summed E-state index contributed by atoms with van der Waals surface area (Å²) in [5.74, 6) is 0.950. The summed E-state index contributed by atoms with van der Waals surface area (Å²) in [5.41, 5.74) is 1.24. The van der Waals surface area contributed by atoms with Gasteiger partial charge >= 0.3 is 0 Å². The molecule has 2 rings (SSSR count).